The van der Waals surface area contributed by atoms with E-state index in [1.807, 2.05) is 0 Å². The van der Waals surface area contributed by atoms with Crippen molar-refractivity contribution in [2.24, 2.45) is 0 Å². The van der Waals surface area contributed by atoms with Gasteiger partial charge in [-0.3, -0.25) is 15.1 Å². The minimum atomic E-state index is -0.549. The number of aromatic hydroxyl groups is 1. The average Bonchev–Trinajstić information content (AvgIpc) is 2.19. The van der Waals surface area contributed by atoms with E-state index in [9.17, 15) is 15.2 Å². The highest BCUT2D eigenvalue weighted by Gasteiger charge is 2.13. The fourth-order valence-corrected chi connectivity index (χ4v) is 1.25. The number of nitro benzene ring substituents is 1. The maximum Gasteiger partial charge on any atom is 0.279 e. The molecule has 70 valence electrons. The molecule has 0 amide bonds. The number of pyridine rings is 1. The molecule has 5 heteroatoms. The normalized spacial score (nSPS) is 11.3. The first-order chi connectivity index (χ1) is 7.09. The van der Waals surface area contributed by atoms with E-state index >= 15 is 0 Å². The molecule has 5 nitrogen and oxygen atoms in total. The fourth-order valence-electron chi connectivity index (χ4n) is 1.25. The smallest absolute Gasteiger partial charge is 0.279 e. The summed E-state index contributed by atoms with van der Waals surface area (Å²) >= 11 is 0. The molecule has 0 spiro atoms. The Morgan fingerprint density at radius 1 is 1.50 bits per heavy atom. The van der Waals surface area contributed by atoms with Crippen LogP contribution in [0, 0.1) is 10.1 Å². The van der Waals surface area contributed by atoms with Gasteiger partial charge in [0.05, 0.1) is 11.7 Å². The van der Waals surface area contributed by atoms with E-state index in [1.165, 1.54) is 24.3 Å². The standard InChI is InChI=1S/C9H6N2O3/c12-8-4-3-7(11(13)14)6-2-1-5-10-9(6)8/h1-5,12H/i5D. The Bertz CT molecular complexity index is 556. The Balaban J connectivity index is 2.88. The van der Waals surface area contributed by atoms with Crippen LogP contribution in [0.1, 0.15) is 1.37 Å². The van der Waals surface area contributed by atoms with Gasteiger partial charge in [-0.25, -0.2) is 0 Å². The number of nitro groups is 1. The van der Waals surface area contributed by atoms with Crippen LogP contribution in [0.2, 0.25) is 0 Å². The largest absolute Gasteiger partial charge is 0.506 e. The van der Waals surface area contributed by atoms with Crippen LogP contribution in [0.5, 0.6) is 5.75 Å². The average molecular weight is 191 g/mol. The summed E-state index contributed by atoms with van der Waals surface area (Å²) in [6, 6.07) is 5.16. The lowest BCUT2D eigenvalue weighted by atomic mass is 10.2. The summed E-state index contributed by atoms with van der Waals surface area (Å²) in [4.78, 5) is 13.8. The maximum atomic E-state index is 10.7. The van der Waals surface area contributed by atoms with Gasteiger partial charge in [0, 0.05) is 12.2 Å². The number of phenols is 1. The number of rotatable bonds is 1. The molecule has 2 aromatic rings. The summed E-state index contributed by atoms with van der Waals surface area (Å²) < 4.78 is 7.26. The van der Waals surface area contributed by atoms with E-state index in [4.69, 9.17) is 1.37 Å². The number of fused-ring (bicyclic) bond motifs is 1. The maximum absolute atomic E-state index is 10.7. The first-order valence-corrected chi connectivity index (χ1v) is 3.83. The Kier molecular flexibility index (Phi) is 1.53. The summed E-state index contributed by atoms with van der Waals surface area (Å²) in [6.07, 6.45) is -0.0432. The molecule has 1 N–H and O–H groups in total. The van der Waals surface area contributed by atoms with Gasteiger partial charge >= 0.3 is 0 Å². The van der Waals surface area contributed by atoms with E-state index in [0.29, 0.717) is 0 Å². The molecule has 14 heavy (non-hydrogen) atoms. The van der Waals surface area contributed by atoms with Crippen molar-refractivity contribution in [3.05, 3.63) is 40.6 Å². The van der Waals surface area contributed by atoms with Crippen molar-refractivity contribution in [1.82, 2.24) is 4.98 Å². The zero-order valence-corrected chi connectivity index (χ0v) is 6.97. The van der Waals surface area contributed by atoms with E-state index in [0.717, 1.165) is 0 Å². The molecule has 0 atom stereocenters. The predicted octanol–water partition coefficient (Wildman–Crippen LogP) is 1.85. The molecular weight excluding hydrogens is 184 g/mol. The molecule has 0 bridgehead atoms. The molecule has 0 radical (unpaired) electrons. The summed E-state index contributed by atoms with van der Waals surface area (Å²) in [5.74, 6) is -0.162. The quantitative estimate of drug-likeness (QED) is 0.551. The number of aromatic nitrogens is 1. The topological polar surface area (TPSA) is 76.3 Å². The van der Waals surface area contributed by atoms with E-state index < -0.39 is 4.92 Å². The monoisotopic (exact) mass is 191 g/mol. The molecular formula is C9H6N2O3. The molecule has 1 aromatic heterocycles. The molecule has 0 fully saturated rings. The molecule has 0 unspecified atom stereocenters. The minimum Gasteiger partial charge on any atom is -0.506 e. The van der Waals surface area contributed by atoms with Crippen LogP contribution < -0.4 is 0 Å². The van der Waals surface area contributed by atoms with E-state index in [-0.39, 0.29) is 28.5 Å². The lowest BCUT2D eigenvalue weighted by molar-refractivity contribution is -0.383. The van der Waals surface area contributed by atoms with Gasteiger partial charge in [0.25, 0.3) is 5.69 Å². The number of hydrogen-bond acceptors (Lipinski definition) is 4. The lowest BCUT2D eigenvalue weighted by Crippen LogP contribution is -1.90. The summed E-state index contributed by atoms with van der Waals surface area (Å²) in [6.45, 7) is 0. The highest BCUT2D eigenvalue weighted by atomic mass is 16.6. The zero-order chi connectivity index (χ0) is 11.0. The van der Waals surface area contributed by atoms with Crippen LogP contribution in [0.4, 0.5) is 5.69 Å². The van der Waals surface area contributed by atoms with Gasteiger partial charge in [-0.1, -0.05) is 0 Å². The molecule has 0 saturated heterocycles. The number of hydrogen-bond donors (Lipinski definition) is 1. The fraction of sp³-hybridized carbons (Fsp3) is 0. The third kappa shape index (κ3) is 1.15. The Labute approximate surface area is 80.2 Å². The Morgan fingerprint density at radius 2 is 2.29 bits per heavy atom. The predicted molar refractivity (Wildman–Crippen MR) is 50.1 cm³/mol. The van der Waals surface area contributed by atoms with Gasteiger partial charge in [-0.15, -0.1) is 0 Å². The molecule has 2 rings (SSSR count). The number of phenolic OH excluding ortho intramolecular Hbond substituents is 1. The second-order valence-electron chi connectivity index (χ2n) is 2.70. The highest BCUT2D eigenvalue weighted by Crippen LogP contribution is 2.29. The SMILES string of the molecule is [2H]c1ccc2c([N+](=O)[O-])ccc(O)c2n1. The number of nitrogens with zero attached hydrogens (tertiary/aromatic N) is 2. The van der Waals surface area contributed by atoms with Crippen LogP contribution in [0.3, 0.4) is 0 Å². The van der Waals surface area contributed by atoms with Crippen LogP contribution in [0.25, 0.3) is 10.9 Å². The summed E-state index contributed by atoms with van der Waals surface area (Å²) in [5, 5.41) is 20.3. The first kappa shape index (κ1) is 7.25. The van der Waals surface area contributed by atoms with Crippen molar-refractivity contribution >= 4 is 16.6 Å². The van der Waals surface area contributed by atoms with E-state index in [2.05, 4.69) is 4.98 Å². The van der Waals surface area contributed by atoms with Crippen LogP contribution >= 0.6 is 0 Å². The molecule has 0 saturated carbocycles. The van der Waals surface area contributed by atoms with Crippen molar-refractivity contribution in [3.63, 3.8) is 0 Å². The van der Waals surface area contributed by atoms with E-state index in [1.54, 1.807) is 0 Å². The van der Waals surface area contributed by atoms with Gasteiger partial charge in [0.1, 0.15) is 11.3 Å². The first-order valence-electron chi connectivity index (χ1n) is 4.33. The Hall–Kier alpha value is -2.17. The number of benzene rings is 1. The molecule has 0 aliphatic rings. The van der Waals surface area contributed by atoms with Crippen molar-refractivity contribution in [2.75, 3.05) is 0 Å². The van der Waals surface area contributed by atoms with Crippen molar-refractivity contribution in [2.45, 2.75) is 0 Å². The third-order valence-electron chi connectivity index (χ3n) is 1.87. The Morgan fingerprint density at radius 3 is 3.00 bits per heavy atom. The summed E-state index contributed by atoms with van der Waals surface area (Å²) in [7, 11) is 0. The lowest BCUT2D eigenvalue weighted by Gasteiger charge is -1.99. The van der Waals surface area contributed by atoms with Gasteiger partial charge in [0.15, 0.2) is 0 Å². The van der Waals surface area contributed by atoms with Crippen LogP contribution in [0.15, 0.2) is 30.4 Å². The third-order valence-corrected chi connectivity index (χ3v) is 1.87. The second-order valence-corrected chi connectivity index (χ2v) is 2.70. The van der Waals surface area contributed by atoms with Gasteiger partial charge in [0.2, 0.25) is 0 Å². The van der Waals surface area contributed by atoms with Gasteiger partial charge in [-0.05, 0) is 18.2 Å². The second kappa shape index (κ2) is 2.95. The van der Waals surface area contributed by atoms with Crippen LogP contribution in [-0.2, 0) is 0 Å². The molecule has 1 aromatic carbocycles. The van der Waals surface area contributed by atoms with Crippen molar-refractivity contribution in [1.29, 1.82) is 0 Å². The van der Waals surface area contributed by atoms with Crippen LogP contribution in [-0.4, -0.2) is 15.0 Å². The highest BCUT2D eigenvalue weighted by molar-refractivity contribution is 5.91. The molecule has 1 heterocycles. The van der Waals surface area contributed by atoms with Crippen molar-refractivity contribution in [3.8, 4) is 5.75 Å². The number of non-ortho nitro benzene ring substituents is 1. The summed E-state index contributed by atoms with van der Waals surface area (Å²) in [5.41, 5.74) is -0.0491. The zero-order valence-electron chi connectivity index (χ0n) is 7.97. The van der Waals surface area contributed by atoms with Gasteiger partial charge < -0.3 is 5.11 Å². The van der Waals surface area contributed by atoms with Gasteiger partial charge in [-0.2, -0.15) is 0 Å². The van der Waals surface area contributed by atoms with Crippen molar-refractivity contribution < 1.29 is 11.4 Å². The molecule has 0 aliphatic carbocycles. The minimum absolute atomic E-state index is 0.0432. The molecule has 0 aliphatic heterocycles.